The van der Waals surface area contributed by atoms with Crippen LogP contribution in [0.4, 0.5) is 0 Å². The van der Waals surface area contributed by atoms with Gasteiger partial charge < -0.3 is 30.3 Å². The van der Waals surface area contributed by atoms with Crippen LogP contribution in [-0.4, -0.2) is 45.6 Å². The van der Waals surface area contributed by atoms with Gasteiger partial charge in [0.25, 0.3) is 0 Å². The van der Waals surface area contributed by atoms with Gasteiger partial charge in [-0.25, -0.2) is 0 Å². The summed E-state index contributed by atoms with van der Waals surface area (Å²) in [5, 5.41) is 25.9. The highest BCUT2D eigenvalue weighted by Gasteiger charge is 2.37. The van der Waals surface area contributed by atoms with Crippen LogP contribution in [0.25, 0.3) is 6.08 Å². The van der Waals surface area contributed by atoms with Gasteiger partial charge in [0.1, 0.15) is 0 Å². The van der Waals surface area contributed by atoms with E-state index in [1.54, 1.807) is 24.3 Å². The number of amides is 2. The molecule has 5 N–H and O–H groups in total. The Kier molecular flexibility index (Phi) is 7.77. The molecular formula is C30H31N3O7. The maximum absolute atomic E-state index is 13.4. The van der Waals surface area contributed by atoms with Crippen LogP contribution in [0.3, 0.4) is 0 Å². The maximum Gasteiger partial charge on any atom is 0.244 e. The van der Waals surface area contributed by atoms with Crippen molar-refractivity contribution in [3.63, 3.8) is 0 Å². The van der Waals surface area contributed by atoms with Crippen molar-refractivity contribution in [2.24, 2.45) is 5.92 Å². The van der Waals surface area contributed by atoms with Crippen LogP contribution in [0.1, 0.15) is 58.8 Å². The van der Waals surface area contributed by atoms with Crippen LogP contribution in [0, 0.1) is 12.8 Å². The molecule has 40 heavy (non-hydrogen) atoms. The fourth-order valence-corrected chi connectivity index (χ4v) is 4.96. The van der Waals surface area contributed by atoms with Crippen LogP contribution in [0.2, 0.25) is 0 Å². The molecule has 2 amide bonds. The molecule has 10 nitrogen and oxygen atoms in total. The third-order valence-electron chi connectivity index (χ3n) is 7.40. The second-order valence-corrected chi connectivity index (χ2v) is 10.0. The molecule has 1 fully saturated rings. The number of H-pyrrole nitrogens is 1. The van der Waals surface area contributed by atoms with Crippen molar-refractivity contribution in [3.8, 4) is 23.3 Å². The highest BCUT2D eigenvalue weighted by Crippen LogP contribution is 2.36. The van der Waals surface area contributed by atoms with Crippen LogP contribution >= 0.6 is 0 Å². The molecule has 208 valence electrons. The van der Waals surface area contributed by atoms with Gasteiger partial charge in [0, 0.05) is 11.6 Å². The topological polar surface area (TPSA) is 150 Å². The second kappa shape index (κ2) is 11.6. The molecule has 5 rings (SSSR count). The number of Topliss-reactive ketones (excluding diaryl/α,β-unsaturated/α-hetero) is 1. The van der Waals surface area contributed by atoms with Crippen molar-refractivity contribution in [1.29, 1.82) is 0 Å². The number of aromatic hydroxyl groups is 2. The van der Waals surface area contributed by atoms with E-state index in [4.69, 9.17) is 9.47 Å². The summed E-state index contributed by atoms with van der Waals surface area (Å²) < 4.78 is 10.7. The lowest BCUT2D eigenvalue weighted by Crippen LogP contribution is -2.49. The van der Waals surface area contributed by atoms with E-state index >= 15 is 0 Å². The summed E-state index contributed by atoms with van der Waals surface area (Å²) in [6.07, 6.45) is 5.38. The molecule has 0 bridgehead atoms. The maximum atomic E-state index is 13.4. The minimum Gasteiger partial charge on any atom is -0.494 e. The first-order valence-corrected chi connectivity index (χ1v) is 13.2. The number of carbonyl (C=O) groups excluding carboxylic acids is 3. The van der Waals surface area contributed by atoms with Gasteiger partial charge in [-0.3, -0.25) is 19.4 Å². The number of nitrogens with one attached hydrogen (secondary N) is 3. The molecule has 0 saturated heterocycles. The number of ether oxygens (including phenoxy) is 2. The molecule has 1 saturated carbocycles. The van der Waals surface area contributed by atoms with E-state index < -0.39 is 35.6 Å². The predicted molar refractivity (Wildman–Crippen MR) is 146 cm³/mol. The van der Waals surface area contributed by atoms with Gasteiger partial charge in [0.2, 0.25) is 24.5 Å². The first-order chi connectivity index (χ1) is 19.3. The SMILES string of the molecule is Cc1c(O)[nH]c(O)c1C(=O)[C@@H](NC(=O)C[C@H](NC(=O)C=Cc1ccc2c(c1)OCO2)c1ccccc1)C1CCC1. The Morgan fingerprint density at radius 1 is 1.02 bits per heavy atom. The highest BCUT2D eigenvalue weighted by atomic mass is 16.7. The summed E-state index contributed by atoms with van der Waals surface area (Å²) in [4.78, 5) is 41.9. The Hall–Kier alpha value is -4.73. The fourth-order valence-electron chi connectivity index (χ4n) is 4.96. The molecule has 0 radical (unpaired) electrons. The largest absolute Gasteiger partial charge is 0.494 e. The molecule has 10 heteroatoms. The molecule has 1 aliphatic carbocycles. The number of aromatic nitrogens is 1. The van der Waals surface area contributed by atoms with Gasteiger partial charge >= 0.3 is 0 Å². The lowest BCUT2D eigenvalue weighted by molar-refractivity contribution is -0.123. The molecule has 0 unspecified atom stereocenters. The molecule has 2 aliphatic rings. The average Bonchev–Trinajstić information content (AvgIpc) is 3.48. The third kappa shape index (κ3) is 5.80. The van der Waals surface area contributed by atoms with Crippen LogP contribution in [0.15, 0.2) is 54.6 Å². The van der Waals surface area contributed by atoms with E-state index in [0.29, 0.717) is 11.5 Å². The van der Waals surface area contributed by atoms with Crippen molar-refractivity contribution < 1.29 is 34.1 Å². The quantitative estimate of drug-likeness (QED) is 0.192. The van der Waals surface area contributed by atoms with E-state index in [9.17, 15) is 24.6 Å². The smallest absolute Gasteiger partial charge is 0.244 e. The van der Waals surface area contributed by atoms with Gasteiger partial charge in [-0.15, -0.1) is 0 Å². The van der Waals surface area contributed by atoms with E-state index in [-0.39, 0.29) is 36.1 Å². The Morgan fingerprint density at radius 3 is 2.45 bits per heavy atom. The second-order valence-electron chi connectivity index (χ2n) is 10.0. The van der Waals surface area contributed by atoms with E-state index in [1.807, 2.05) is 30.3 Å². The number of aromatic amines is 1. The highest BCUT2D eigenvalue weighted by molar-refractivity contribution is 6.05. The summed E-state index contributed by atoms with van der Waals surface area (Å²) in [6.45, 7) is 1.68. The number of ketones is 1. The number of hydrogen-bond donors (Lipinski definition) is 5. The molecule has 2 aromatic carbocycles. The minimum atomic E-state index is -0.862. The molecule has 1 aliphatic heterocycles. The summed E-state index contributed by atoms with van der Waals surface area (Å²) in [7, 11) is 0. The number of carbonyl (C=O) groups is 3. The zero-order chi connectivity index (χ0) is 28.2. The zero-order valence-corrected chi connectivity index (χ0v) is 22.0. The van der Waals surface area contributed by atoms with Gasteiger partial charge in [0.15, 0.2) is 23.2 Å². The minimum absolute atomic E-state index is 0.0312. The standard InChI is InChI=1S/C30H31N3O7/c1-17-26(30(38)33-29(17)37)28(36)27(20-8-5-9-20)32-25(35)15-21(19-6-3-2-4-7-19)31-24(34)13-11-18-10-12-22-23(14-18)40-16-39-22/h2-4,6-7,10-14,20-21,27,33,37-38H,5,8-9,15-16H2,1H3,(H,31,34)(H,32,35)/t21-,27-/m0/s1. The van der Waals surface area contributed by atoms with E-state index in [2.05, 4.69) is 15.6 Å². The lowest BCUT2D eigenvalue weighted by Gasteiger charge is -2.33. The van der Waals surface area contributed by atoms with Crippen molar-refractivity contribution >= 4 is 23.7 Å². The lowest BCUT2D eigenvalue weighted by atomic mass is 9.77. The van der Waals surface area contributed by atoms with Crippen molar-refractivity contribution in [2.75, 3.05) is 6.79 Å². The predicted octanol–water partition coefficient (Wildman–Crippen LogP) is 3.89. The summed E-state index contributed by atoms with van der Waals surface area (Å²) in [6, 6.07) is 12.9. The van der Waals surface area contributed by atoms with Crippen molar-refractivity contribution in [3.05, 3.63) is 76.9 Å². The first kappa shape index (κ1) is 26.9. The van der Waals surface area contributed by atoms with Gasteiger partial charge in [-0.05, 0) is 55.0 Å². The fraction of sp³-hybridized carbons (Fsp3) is 0.300. The zero-order valence-electron chi connectivity index (χ0n) is 22.0. The molecule has 3 aromatic rings. The normalized spacial score (nSPS) is 15.8. The van der Waals surface area contributed by atoms with E-state index in [0.717, 1.165) is 30.4 Å². The molecule has 0 spiro atoms. The molecule has 2 atom stereocenters. The Balaban J connectivity index is 1.29. The first-order valence-electron chi connectivity index (χ1n) is 13.2. The monoisotopic (exact) mass is 545 g/mol. The summed E-state index contributed by atoms with van der Waals surface area (Å²) >= 11 is 0. The van der Waals surface area contributed by atoms with Crippen LogP contribution in [0.5, 0.6) is 23.3 Å². The van der Waals surface area contributed by atoms with Crippen molar-refractivity contribution in [2.45, 2.75) is 44.7 Å². The number of benzene rings is 2. The number of rotatable bonds is 10. The van der Waals surface area contributed by atoms with Crippen LogP contribution in [-0.2, 0) is 9.59 Å². The third-order valence-corrected chi connectivity index (χ3v) is 7.40. The van der Waals surface area contributed by atoms with Crippen LogP contribution < -0.4 is 20.1 Å². The van der Waals surface area contributed by atoms with Gasteiger partial charge in [-0.2, -0.15) is 0 Å². The van der Waals surface area contributed by atoms with Gasteiger partial charge in [-0.1, -0.05) is 42.8 Å². The Morgan fingerprint density at radius 2 is 1.77 bits per heavy atom. The average molecular weight is 546 g/mol. The molecular weight excluding hydrogens is 514 g/mol. The van der Waals surface area contributed by atoms with Crippen molar-refractivity contribution in [1.82, 2.24) is 15.6 Å². The number of fused-ring (bicyclic) bond motifs is 1. The van der Waals surface area contributed by atoms with E-state index in [1.165, 1.54) is 13.0 Å². The molecule has 2 heterocycles. The summed E-state index contributed by atoms with van der Waals surface area (Å²) in [5.41, 5.74) is 1.68. The van der Waals surface area contributed by atoms with Gasteiger partial charge in [0.05, 0.1) is 24.1 Å². The molecule has 1 aromatic heterocycles. The summed E-state index contributed by atoms with van der Waals surface area (Å²) in [5.74, 6) is -0.824. The Labute approximate surface area is 231 Å². The Bertz CT molecular complexity index is 1440. The number of hydrogen-bond acceptors (Lipinski definition) is 7.